The number of aromatic nitrogens is 1. The Kier molecular flexibility index (Phi) is 4.77. The molecule has 2 aliphatic rings. The molecule has 0 fully saturated rings. The number of allylic oxidation sites excluding steroid dienone is 1. The van der Waals surface area contributed by atoms with Crippen LogP contribution in [0.4, 0.5) is 0 Å². The minimum absolute atomic E-state index is 0.0319. The zero-order chi connectivity index (χ0) is 19.5. The Morgan fingerprint density at radius 2 is 2.07 bits per heavy atom. The molecule has 0 saturated carbocycles. The molecule has 0 radical (unpaired) electrons. The van der Waals surface area contributed by atoms with Gasteiger partial charge in [-0.3, -0.25) is 9.78 Å². The zero-order valence-electron chi connectivity index (χ0n) is 15.8. The first-order chi connectivity index (χ1) is 13.6. The summed E-state index contributed by atoms with van der Waals surface area (Å²) in [5, 5.41) is 4.28. The summed E-state index contributed by atoms with van der Waals surface area (Å²) in [4.78, 5) is 21.4. The van der Waals surface area contributed by atoms with Crippen molar-refractivity contribution < 1.29 is 9.49 Å². The molecule has 0 amide bonds. The molecule has 0 aliphatic carbocycles. The van der Waals surface area contributed by atoms with Crippen LogP contribution in [-0.4, -0.2) is 27.8 Å². The van der Waals surface area contributed by atoms with Crippen molar-refractivity contribution in [3.63, 3.8) is 0 Å². The van der Waals surface area contributed by atoms with Gasteiger partial charge in [0.25, 0.3) is 0 Å². The molecule has 0 saturated heterocycles. The Bertz CT molecular complexity index is 1140. The van der Waals surface area contributed by atoms with Crippen LogP contribution in [0.15, 0.2) is 70.7 Å². The van der Waals surface area contributed by atoms with E-state index in [0.29, 0.717) is 5.56 Å². The molecule has 136 valence electrons. The number of hydrogen-bond donors (Lipinski definition) is 0. The van der Waals surface area contributed by atoms with Crippen LogP contribution in [0.3, 0.4) is 0 Å². The van der Waals surface area contributed by atoms with E-state index >= 15 is 0 Å². The van der Waals surface area contributed by atoms with Gasteiger partial charge in [0, 0.05) is 35.3 Å². The van der Waals surface area contributed by atoms with Crippen LogP contribution in [0.1, 0.15) is 32.7 Å². The number of benzene rings is 1. The number of carbonyl (C=O) groups excluding carboxylic acids is 1. The van der Waals surface area contributed by atoms with Gasteiger partial charge in [-0.1, -0.05) is 28.7 Å². The molecule has 2 aromatic rings. The fourth-order valence-corrected chi connectivity index (χ4v) is 3.06. The molecule has 3 heterocycles. The Hall–Kier alpha value is -3.65. The lowest BCUT2D eigenvalue weighted by atomic mass is 10.00. The van der Waals surface area contributed by atoms with Gasteiger partial charge < -0.3 is 0 Å². The van der Waals surface area contributed by atoms with Crippen LogP contribution >= 0.6 is 0 Å². The fourth-order valence-electron chi connectivity index (χ4n) is 3.06. The first-order valence-electron chi connectivity index (χ1n) is 9.07. The standard InChI is InChI=1S/C23H19N4O/c1-16-8-10-24-21(12-16)14-22(28)19-5-4-17(2)18(13-19)6-7-20-15-26-27-11-3-9-25-23(20)27/h3-5,8-13,15,23H,14H2,1-2H3/q+1. The Balaban J connectivity index is 1.54. The quantitative estimate of drug-likeness (QED) is 0.471. The van der Waals surface area contributed by atoms with Crippen molar-refractivity contribution in [3.8, 4) is 11.8 Å². The monoisotopic (exact) mass is 367 g/mol. The second-order valence-corrected chi connectivity index (χ2v) is 6.80. The van der Waals surface area contributed by atoms with E-state index in [9.17, 15) is 4.79 Å². The Morgan fingerprint density at radius 1 is 1.18 bits per heavy atom. The molecule has 5 nitrogen and oxygen atoms in total. The van der Waals surface area contributed by atoms with Crippen molar-refractivity contribution in [1.82, 2.24) is 4.98 Å². The summed E-state index contributed by atoms with van der Waals surface area (Å²) < 4.78 is 1.77. The van der Waals surface area contributed by atoms with E-state index in [0.717, 1.165) is 28.0 Å². The number of aryl methyl sites for hydroxylation is 2. The van der Waals surface area contributed by atoms with Gasteiger partial charge in [-0.05, 0) is 48.3 Å². The molecule has 1 atom stereocenters. The summed E-state index contributed by atoms with van der Waals surface area (Å²) in [7, 11) is 0. The largest absolute Gasteiger partial charge is 0.312 e. The van der Waals surface area contributed by atoms with Gasteiger partial charge in [0.15, 0.2) is 5.78 Å². The highest BCUT2D eigenvalue weighted by atomic mass is 16.1. The number of fused-ring (bicyclic) bond motifs is 1. The third kappa shape index (κ3) is 3.72. The van der Waals surface area contributed by atoms with Crippen LogP contribution < -0.4 is 0 Å². The van der Waals surface area contributed by atoms with Crippen molar-refractivity contribution in [2.24, 2.45) is 10.1 Å². The zero-order valence-corrected chi connectivity index (χ0v) is 15.8. The van der Waals surface area contributed by atoms with Crippen molar-refractivity contribution in [1.29, 1.82) is 0 Å². The van der Waals surface area contributed by atoms with Crippen LogP contribution in [0.25, 0.3) is 0 Å². The number of nitrogens with zero attached hydrogens (tertiary/aromatic N) is 4. The van der Waals surface area contributed by atoms with Crippen molar-refractivity contribution in [3.05, 3.63) is 88.5 Å². The predicted octanol–water partition coefficient (Wildman–Crippen LogP) is 3.76. The maximum Gasteiger partial charge on any atom is 0.312 e. The van der Waals surface area contributed by atoms with Crippen LogP contribution in [0.5, 0.6) is 0 Å². The van der Waals surface area contributed by atoms with E-state index in [-0.39, 0.29) is 18.4 Å². The molecule has 0 N–H and O–H groups in total. The van der Waals surface area contributed by atoms with Gasteiger partial charge in [0.2, 0.25) is 6.20 Å². The second kappa shape index (κ2) is 7.53. The number of azo groups is 2. The minimum Gasteiger partial charge on any atom is -0.294 e. The molecule has 0 bridgehead atoms. The first kappa shape index (κ1) is 17.7. The highest BCUT2D eigenvalue weighted by Crippen LogP contribution is 2.19. The van der Waals surface area contributed by atoms with Crippen molar-refractivity contribution in [2.45, 2.75) is 26.4 Å². The maximum absolute atomic E-state index is 12.7. The molecule has 1 unspecified atom stereocenters. The summed E-state index contributed by atoms with van der Waals surface area (Å²) >= 11 is 0. The third-order valence-electron chi connectivity index (χ3n) is 4.63. The number of Topliss-reactive ketones (excluding diaryl/α,β-unsaturated/α-hetero) is 1. The van der Waals surface area contributed by atoms with Gasteiger partial charge >= 0.3 is 6.17 Å². The summed E-state index contributed by atoms with van der Waals surface area (Å²) in [5.41, 5.74) is 5.20. The number of carbonyl (C=O) groups is 1. The van der Waals surface area contributed by atoms with Crippen molar-refractivity contribution in [2.75, 3.05) is 0 Å². The molecule has 1 aromatic heterocycles. The molecular weight excluding hydrogens is 348 g/mol. The average molecular weight is 367 g/mol. The van der Waals surface area contributed by atoms with Gasteiger partial charge in [-0.15, -0.1) is 0 Å². The summed E-state index contributed by atoms with van der Waals surface area (Å²) in [5.74, 6) is 6.38. The average Bonchev–Trinajstić information content (AvgIpc) is 3.10. The first-order valence-corrected chi connectivity index (χ1v) is 9.07. The van der Waals surface area contributed by atoms with Crippen LogP contribution in [0.2, 0.25) is 0 Å². The lowest BCUT2D eigenvalue weighted by Crippen LogP contribution is -2.18. The summed E-state index contributed by atoms with van der Waals surface area (Å²) in [6.07, 6.45) is 9.02. The van der Waals surface area contributed by atoms with E-state index in [1.54, 1.807) is 23.3 Å². The van der Waals surface area contributed by atoms with E-state index in [2.05, 4.69) is 26.9 Å². The lowest BCUT2D eigenvalue weighted by molar-refractivity contribution is -0.546. The molecular formula is C23H19N4O+. The van der Waals surface area contributed by atoms with E-state index < -0.39 is 0 Å². The molecule has 5 heteroatoms. The molecule has 28 heavy (non-hydrogen) atoms. The normalized spacial score (nSPS) is 16.7. The molecule has 2 aliphatic heterocycles. The van der Waals surface area contributed by atoms with Gasteiger partial charge in [-0.2, -0.15) is 0 Å². The SMILES string of the molecule is Cc1ccnc(CC(=O)c2ccc(C)c(C#CC3=CN=[N+]4C=CC=NC34)c2)c1. The number of rotatable bonds is 3. The highest BCUT2D eigenvalue weighted by molar-refractivity contribution is 5.97. The van der Waals surface area contributed by atoms with E-state index in [1.165, 1.54) is 0 Å². The Labute approximate surface area is 163 Å². The van der Waals surface area contributed by atoms with Crippen LogP contribution in [-0.2, 0) is 6.42 Å². The highest BCUT2D eigenvalue weighted by Gasteiger charge is 2.30. The van der Waals surface area contributed by atoms with Crippen molar-refractivity contribution >= 4 is 12.0 Å². The number of ketones is 1. The van der Waals surface area contributed by atoms with Gasteiger partial charge in [0.1, 0.15) is 11.8 Å². The summed E-state index contributed by atoms with van der Waals surface area (Å²) in [6, 6.07) is 9.50. The lowest BCUT2D eigenvalue weighted by Gasteiger charge is -2.05. The fraction of sp³-hybridized carbons (Fsp3) is 0.174. The number of pyridine rings is 1. The van der Waals surface area contributed by atoms with E-state index in [4.69, 9.17) is 0 Å². The predicted molar refractivity (Wildman–Crippen MR) is 107 cm³/mol. The van der Waals surface area contributed by atoms with Crippen LogP contribution in [0, 0.1) is 25.7 Å². The smallest absolute Gasteiger partial charge is 0.294 e. The number of hydrogen-bond acceptors (Lipinski definition) is 4. The third-order valence-corrected chi connectivity index (χ3v) is 4.63. The van der Waals surface area contributed by atoms with Gasteiger partial charge in [-0.25, -0.2) is 4.99 Å². The summed E-state index contributed by atoms with van der Waals surface area (Å²) in [6.45, 7) is 3.98. The number of aliphatic imine (C=N–C) groups is 1. The maximum atomic E-state index is 12.7. The molecule has 4 rings (SSSR count). The molecule has 1 aromatic carbocycles. The molecule has 0 spiro atoms. The van der Waals surface area contributed by atoms with E-state index in [1.807, 2.05) is 56.5 Å². The van der Waals surface area contributed by atoms with Gasteiger partial charge in [0.05, 0.1) is 6.42 Å². The topological polar surface area (TPSA) is 57.7 Å². The minimum atomic E-state index is -0.185. The Morgan fingerprint density at radius 3 is 2.93 bits per heavy atom. The second-order valence-electron chi connectivity index (χ2n) is 6.80.